The van der Waals surface area contributed by atoms with Crippen molar-refractivity contribution in [2.24, 2.45) is 0 Å². The predicted molar refractivity (Wildman–Crippen MR) is 74.5 cm³/mol. The van der Waals surface area contributed by atoms with Crippen molar-refractivity contribution in [2.45, 2.75) is 18.4 Å². The molecule has 4 nitrogen and oxygen atoms in total. The molecule has 0 aromatic carbocycles. The molecule has 1 unspecified atom stereocenters. The highest BCUT2D eigenvalue weighted by Crippen LogP contribution is 2.27. The molecule has 1 amide bonds. The summed E-state index contributed by atoms with van der Waals surface area (Å²) in [5, 5.41) is 5.85. The van der Waals surface area contributed by atoms with E-state index in [-0.39, 0.29) is 12.3 Å². The first-order valence-corrected chi connectivity index (χ1v) is 7.62. The van der Waals surface area contributed by atoms with Gasteiger partial charge >= 0.3 is 0 Å². The van der Waals surface area contributed by atoms with Crippen molar-refractivity contribution in [3.8, 4) is 0 Å². The number of halogens is 2. The third-order valence-corrected chi connectivity index (χ3v) is 4.75. The molecule has 0 aliphatic carbocycles. The Morgan fingerprint density at radius 1 is 1.35 bits per heavy atom. The van der Waals surface area contributed by atoms with Gasteiger partial charge in [0.1, 0.15) is 0 Å². The summed E-state index contributed by atoms with van der Waals surface area (Å²) in [7, 11) is 0. The van der Waals surface area contributed by atoms with Gasteiger partial charge in [-0.2, -0.15) is 0 Å². The zero-order chi connectivity index (χ0) is 14.2. The molecule has 2 fully saturated rings. The number of nitrogens with zero attached hydrogens (tertiary/aromatic N) is 2. The van der Waals surface area contributed by atoms with Crippen LogP contribution in [0.1, 0.15) is 6.42 Å². The Bertz CT molecular complexity index is 472. The lowest BCUT2D eigenvalue weighted by atomic mass is 10.1. The summed E-state index contributed by atoms with van der Waals surface area (Å²) < 4.78 is 26.3. The Kier molecular flexibility index (Phi) is 3.64. The SMILES string of the molecule is O=C(C1CC(F)(F)CN1)N1CCN(c2cccs2)CC1. The fraction of sp³-hybridized carbons (Fsp3) is 0.615. The fourth-order valence-electron chi connectivity index (χ4n) is 2.71. The third kappa shape index (κ3) is 2.78. The average molecular weight is 301 g/mol. The van der Waals surface area contributed by atoms with Crippen LogP contribution < -0.4 is 10.2 Å². The number of carbonyl (C=O) groups excluding carboxylic acids is 1. The second-order valence-corrected chi connectivity index (χ2v) is 6.18. The Balaban J connectivity index is 1.54. The number of amides is 1. The first kappa shape index (κ1) is 13.8. The van der Waals surface area contributed by atoms with Crippen molar-refractivity contribution >= 4 is 22.2 Å². The van der Waals surface area contributed by atoms with Gasteiger partial charge in [-0.1, -0.05) is 0 Å². The molecule has 2 aliphatic heterocycles. The van der Waals surface area contributed by atoms with E-state index < -0.39 is 18.5 Å². The maximum atomic E-state index is 13.1. The van der Waals surface area contributed by atoms with Crippen molar-refractivity contribution in [1.82, 2.24) is 10.2 Å². The van der Waals surface area contributed by atoms with E-state index >= 15 is 0 Å². The van der Waals surface area contributed by atoms with Gasteiger partial charge in [-0.3, -0.25) is 10.1 Å². The lowest BCUT2D eigenvalue weighted by molar-refractivity contribution is -0.134. The summed E-state index contributed by atoms with van der Waals surface area (Å²) in [6, 6.07) is 3.34. The van der Waals surface area contributed by atoms with Crippen LogP contribution in [0.2, 0.25) is 0 Å². The van der Waals surface area contributed by atoms with Crippen LogP contribution in [0.5, 0.6) is 0 Å². The second kappa shape index (κ2) is 5.29. The van der Waals surface area contributed by atoms with Crippen molar-refractivity contribution in [2.75, 3.05) is 37.6 Å². The Morgan fingerprint density at radius 3 is 2.65 bits per heavy atom. The lowest BCUT2D eigenvalue weighted by Gasteiger charge is -2.36. The number of hydrogen-bond donors (Lipinski definition) is 1. The average Bonchev–Trinajstić information content (AvgIpc) is 3.07. The van der Waals surface area contributed by atoms with Gasteiger partial charge in [-0.05, 0) is 17.5 Å². The summed E-state index contributed by atoms with van der Waals surface area (Å²) in [5.41, 5.74) is 0. The van der Waals surface area contributed by atoms with Crippen LogP contribution in [0, 0.1) is 0 Å². The van der Waals surface area contributed by atoms with Crippen LogP contribution in [0.25, 0.3) is 0 Å². The lowest BCUT2D eigenvalue weighted by Crippen LogP contribution is -2.53. The van der Waals surface area contributed by atoms with Crippen molar-refractivity contribution in [3.63, 3.8) is 0 Å². The monoisotopic (exact) mass is 301 g/mol. The highest BCUT2D eigenvalue weighted by atomic mass is 32.1. The molecule has 3 heterocycles. The minimum absolute atomic E-state index is 0.187. The van der Waals surface area contributed by atoms with Crippen molar-refractivity contribution < 1.29 is 13.6 Å². The quantitative estimate of drug-likeness (QED) is 0.897. The number of anilines is 1. The van der Waals surface area contributed by atoms with Crippen LogP contribution >= 0.6 is 11.3 Å². The van der Waals surface area contributed by atoms with Crippen LogP contribution in [-0.4, -0.2) is 55.5 Å². The van der Waals surface area contributed by atoms with E-state index in [2.05, 4.69) is 16.3 Å². The van der Waals surface area contributed by atoms with Gasteiger partial charge < -0.3 is 9.80 Å². The largest absolute Gasteiger partial charge is 0.360 e. The molecule has 2 saturated heterocycles. The van der Waals surface area contributed by atoms with E-state index in [1.165, 1.54) is 5.00 Å². The van der Waals surface area contributed by atoms with E-state index in [1.807, 2.05) is 11.4 Å². The van der Waals surface area contributed by atoms with Gasteiger partial charge in [0, 0.05) is 32.6 Å². The summed E-state index contributed by atoms with van der Waals surface area (Å²) in [4.78, 5) is 16.1. The molecule has 0 bridgehead atoms. The smallest absolute Gasteiger partial charge is 0.262 e. The summed E-state index contributed by atoms with van der Waals surface area (Å²) in [6.45, 7) is 2.32. The molecule has 0 saturated carbocycles. The molecule has 7 heteroatoms. The van der Waals surface area contributed by atoms with E-state index in [1.54, 1.807) is 16.2 Å². The van der Waals surface area contributed by atoms with Gasteiger partial charge in [-0.15, -0.1) is 11.3 Å². The number of rotatable bonds is 2. The topological polar surface area (TPSA) is 35.6 Å². The molecule has 1 aromatic rings. The second-order valence-electron chi connectivity index (χ2n) is 5.26. The van der Waals surface area contributed by atoms with Crippen LogP contribution in [0.3, 0.4) is 0 Å². The van der Waals surface area contributed by atoms with Gasteiger partial charge in [-0.25, -0.2) is 8.78 Å². The predicted octanol–water partition coefficient (Wildman–Crippen LogP) is 1.39. The molecule has 2 aliphatic rings. The molecular weight excluding hydrogens is 284 g/mol. The molecule has 3 rings (SSSR count). The Morgan fingerprint density at radius 2 is 2.10 bits per heavy atom. The fourth-order valence-corrected chi connectivity index (χ4v) is 3.49. The van der Waals surface area contributed by atoms with Crippen molar-refractivity contribution in [3.05, 3.63) is 17.5 Å². The maximum absolute atomic E-state index is 13.1. The van der Waals surface area contributed by atoms with Gasteiger partial charge in [0.2, 0.25) is 5.91 Å². The van der Waals surface area contributed by atoms with Gasteiger partial charge in [0.15, 0.2) is 0 Å². The van der Waals surface area contributed by atoms with Gasteiger partial charge in [0.05, 0.1) is 17.6 Å². The number of alkyl halides is 2. The third-order valence-electron chi connectivity index (χ3n) is 3.82. The minimum atomic E-state index is -2.75. The van der Waals surface area contributed by atoms with E-state index in [0.29, 0.717) is 13.1 Å². The van der Waals surface area contributed by atoms with E-state index in [9.17, 15) is 13.6 Å². The standard InChI is InChI=1S/C13H17F2N3OS/c14-13(15)8-10(16-9-13)12(19)18-5-3-17(4-6-18)11-2-1-7-20-11/h1-2,7,10,16H,3-6,8-9H2. The van der Waals surface area contributed by atoms with Crippen LogP contribution in [-0.2, 0) is 4.79 Å². The van der Waals surface area contributed by atoms with E-state index in [4.69, 9.17) is 0 Å². The first-order valence-electron chi connectivity index (χ1n) is 6.74. The highest BCUT2D eigenvalue weighted by Gasteiger charge is 2.43. The molecular formula is C13H17F2N3OS. The number of piperazine rings is 1. The van der Waals surface area contributed by atoms with Crippen LogP contribution in [0.15, 0.2) is 17.5 Å². The number of hydrogen-bond acceptors (Lipinski definition) is 4. The normalized spacial score (nSPS) is 26.0. The molecule has 0 spiro atoms. The highest BCUT2D eigenvalue weighted by molar-refractivity contribution is 7.14. The van der Waals surface area contributed by atoms with E-state index in [0.717, 1.165) is 13.1 Å². The summed E-state index contributed by atoms with van der Waals surface area (Å²) >= 11 is 1.68. The number of thiophene rings is 1. The Labute approximate surface area is 120 Å². The van der Waals surface area contributed by atoms with Crippen molar-refractivity contribution in [1.29, 1.82) is 0 Å². The summed E-state index contributed by atoms with van der Waals surface area (Å²) in [6.07, 6.45) is -0.378. The maximum Gasteiger partial charge on any atom is 0.262 e. The molecule has 0 radical (unpaired) electrons. The molecule has 1 aromatic heterocycles. The molecule has 1 atom stereocenters. The zero-order valence-corrected chi connectivity index (χ0v) is 11.8. The van der Waals surface area contributed by atoms with Gasteiger partial charge in [0.25, 0.3) is 5.92 Å². The number of carbonyl (C=O) groups is 1. The Hall–Kier alpha value is -1.21. The zero-order valence-electron chi connectivity index (χ0n) is 11.0. The molecule has 20 heavy (non-hydrogen) atoms. The number of nitrogens with one attached hydrogen (secondary N) is 1. The first-order chi connectivity index (χ1) is 9.55. The minimum Gasteiger partial charge on any atom is -0.360 e. The molecule has 1 N–H and O–H groups in total. The molecule has 110 valence electrons. The van der Waals surface area contributed by atoms with Crippen LogP contribution in [0.4, 0.5) is 13.8 Å². The summed E-state index contributed by atoms with van der Waals surface area (Å²) in [5.74, 6) is -2.94.